The Bertz CT molecular complexity index is 642. The van der Waals surface area contributed by atoms with Gasteiger partial charge < -0.3 is 10.1 Å². The Labute approximate surface area is 127 Å². The molecule has 21 heavy (non-hydrogen) atoms. The largest absolute Gasteiger partial charge is 0.462 e. The number of hydrogen-bond acceptors (Lipinski definition) is 3. The standard InChI is InChI=1S/C16H16ClNO3/c1-7-2-3-9(17)6-11(7)18-15(19)13-8-4-10-12(5-8)21-16(20)14(10)13/h2-3,6,8,10,12-14H,4-5H2,1H3,(H,18,19). The number of hydrogen-bond donors (Lipinski definition) is 1. The lowest BCUT2D eigenvalue weighted by atomic mass is 9.79. The van der Waals surface area contributed by atoms with E-state index in [1.165, 1.54) is 0 Å². The van der Waals surface area contributed by atoms with Crippen LogP contribution in [-0.4, -0.2) is 18.0 Å². The van der Waals surface area contributed by atoms with Gasteiger partial charge in [-0.25, -0.2) is 0 Å². The highest BCUT2D eigenvalue weighted by atomic mass is 35.5. The molecule has 3 fully saturated rings. The van der Waals surface area contributed by atoms with Crippen LogP contribution in [-0.2, 0) is 14.3 Å². The van der Waals surface area contributed by atoms with Gasteiger partial charge in [0.25, 0.3) is 0 Å². The van der Waals surface area contributed by atoms with Crippen molar-refractivity contribution >= 4 is 29.2 Å². The summed E-state index contributed by atoms with van der Waals surface area (Å²) in [6, 6.07) is 5.42. The maximum Gasteiger partial charge on any atom is 0.310 e. The zero-order valence-electron chi connectivity index (χ0n) is 11.6. The fraction of sp³-hybridized carbons (Fsp3) is 0.500. The van der Waals surface area contributed by atoms with Gasteiger partial charge in [-0.1, -0.05) is 17.7 Å². The van der Waals surface area contributed by atoms with Crippen molar-refractivity contribution in [2.75, 3.05) is 5.32 Å². The first kappa shape index (κ1) is 13.1. The van der Waals surface area contributed by atoms with E-state index in [0.29, 0.717) is 5.02 Å². The van der Waals surface area contributed by atoms with E-state index in [0.717, 1.165) is 24.1 Å². The van der Waals surface area contributed by atoms with Crippen LogP contribution in [0.25, 0.3) is 0 Å². The number of nitrogens with one attached hydrogen (secondary N) is 1. The Kier molecular flexibility index (Phi) is 2.80. The van der Waals surface area contributed by atoms with Crippen LogP contribution < -0.4 is 5.32 Å². The molecule has 0 spiro atoms. The molecule has 5 heteroatoms. The molecule has 4 rings (SSSR count). The fourth-order valence-corrected chi connectivity index (χ4v) is 4.48. The highest BCUT2D eigenvalue weighted by Crippen LogP contribution is 2.57. The quantitative estimate of drug-likeness (QED) is 0.855. The van der Waals surface area contributed by atoms with Crippen LogP contribution >= 0.6 is 11.6 Å². The second-order valence-corrected chi connectivity index (χ2v) is 6.81. The van der Waals surface area contributed by atoms with Crippen molar-refractivity contribution in [3.63, 3.8) is 0 Å². The van der Waals surface area contributed by atoms with Gasteiger partial charge in [-0.3, -0.25) is 9.59 Å². The number of amides is 1. The molecule has 0 aromatic heterocycles. The zero-order chi connectivity index (χ0) is 14.7. The molecule has 3 aliphatic rings. The van der Waals surface area contributed by atoms with E-state index in [2.05, 4.69) is 5.32 Å². The maximum absolute atomic E-state index is 12.6. The lowest BCUT2D eigenvalue weighted by molar-refractivity contribution is -0.145. The summed E-state index contributed by atoms with van der Waals surface area (Å²) in [5, 5.41) is 3.54. The zero-order valence-corrected chi connectivity index (χ0v) is 12.4. The minimum atomic E-state index is -0.250. The summed E-state index contributed by atoms with van der Waals surface area (Å²) in [6.07, 6.45) is 1.83. The lowest BCUT2D eigenvalue weighted by Crippen LogP contribution is -2.36. The second-order valence-electron chi connectivity index (χ2n) is 6.37. The second kappa shape index (κ2) is 4.47. The van der Waals surface area contributed by atoms with Crippen LogP contribution in [0, 0.1) is 30.6 Å². The van der Waals surface area contributed by atoms with Gasteiger partial charge >= 0.3 is 5.97 Å². The Morgan fingerprint density at radius 2 is 2.19 bits per heavy atom. The van der Waals surface area contributed by atoms with Crippen LogP contribution in [0.5, 0.6) is 0 Å². The van der Waals surface area contributed by atoms with E-state index in [9.17, 15) is 9.59 Å². The molecule has 1 aromatic carbocycles. The Morgan fingerprint density at radius 3 is 3.00 bits per heavy atom. The number of carbonyl (C=O) groups excluding carboxylic acids is 2. The Balaban J connectivity index is 1.58. The van der Waals surface area contributed by atoms with Crippen LogP contribution in [0.1, 0.15) is 18.4 Å². The van der Waals surface area contributed by atoms with Crippen LogP contribution in [0.3, 0.4) is 0 Å². The van der Waals surface area contributed by atoms with Gasteiger partial charge in [-0.05, 0) is 43.4 Å². The summed E-state index contributed by atoms with van der Waals surface area (Å²) >= 11 is 5.98. The predicted molar refractivity (Wildman–Crippen MR) is 77.9 cm³/mol. The van der Waals surface area contributed by atoms with Crippen molar-refractivity contribution in [1.82, 2.24) is 0 Å². The van der Waals surface area contributed by atoms with Gasteiger partial charge in [0.1, 0.15) is 6.10 Å². The molecule has 1 amide bonds. The molecule has 1 aliphatic heterocycles. The van der Waals surface area contributed by atoms with Crippen molar-refractivity contribution in [2.45, 2.75) is 25.9 Å². The highest BCUT2D eigenvalue weighted by Gasteiger charge is 2.63. The number of benzene rings is 1. The molecular formula is C16H16ClNO3. The van der Waals surface area contributed by atoms with E-state index in [1.54, 1.807) is 12.1 Å². The SMILES string of the molecule is Cc1ccc(Cl)cc1NC(=O)C1C2CC3OC(=O)C1C3C2. The molecule has 5 atom stereocenters. The summed E-state index contributed by atoms with van der Waals surface area (Å²) in [7, 11) is 0. The molecule has 1 saturated heterocycles. The van der Waals surface area contributed by atoms with E-state index in [1.807, 2.05) is 13.0 Å². The Hall–Kier alpha value is -1.55. The first-order valence-corrected chi connectivity index (χ1v) is 7.70. The smallest absolute Gasteiger partial charge is 0.310 e. The molecule has 1 N–H and O–H groups in total. The highest BCUT2D eigenvalue weighted by molar-refractivity contribution is 6.31. The van der Waals surface area contributed by atoms with Crippen molar-refractivity contribution < 1.29 is 14.3 Å². The summed E-state index contributed by atoms with van der Waals surface area (Å²) < 4.78 is 5.37. The molecule has 2 saturated carbocycles. The van der Waals surface area contributed by atoms with Crippen LogP contribution in [0.15, 0.2) is 18.2 Å². The minimum Gasteiger partial charge on any atom is -0.462 e. The van der Waals surface area contributed by atoms with Gasteiger partial charge in [-0.2, -0.15) is 0 Å². The summed E-state index contributed by atoms with van der Waals surface area (Å²) in [6.45, 7) is 1.92. The maximum atomic E-state index is 12.6. The molecule has 2 bridgehead atoms. The topological polar surface area (TPSA) is 55.4 Å². The first-order chi connectivity index (χ1) is 10.0. The molecule has 4 nitrogen and oxygen atoms in total. The first-order valence-electron chi connectivity index (χ1n) is 7.32. The van der Waals surface area contributed by atoms with Gasteiger partial charge in [0.2, 0.25) is 5.91 Å². The van der Waals surface area contributed by atoms with E-state index >= 15 is 0 Å². The number of aryl methyl sites for hydroxylation is 1. The van der Waals surface area contributed by atoms with Gasteiger partial charge in [-0.15, -0.1) is 0 Å². The van der Waals surface area contributed by atoms with Crippen LogP contribution in [0.4, 0.5) is 5.69 Å². The number of esters is 1. The third-order valence-corrected chi connectivity index (χ3v) is 5.48. The monoisotopic (exact) mass is 305 g/mol. The average Bonchev–Trinajstić information content (AvgIpc) is 3.03. The summed E-state index contributed by atoms with van der Waals surface area (Å²) in [5.41, 5.74) is 1.68. The molecule has 1 aromatic rings. The number of ether oxygens (including phenoxy) is 1. The van der Waals surface area contributed by atoms with Gasteiger partial charge in [0.05, 0.1) is 11.8 Å². The van der Waals surface area contributed by atoms with Crippen molar-refractivity contribution in [3.8, 4) is 0 Å². The van der Waals surface area contributed by atoms with Crippen molar-refractivity contribution in [2.24, 2.45) is 23.7 Å². The average molecular weight is 306 g/mol. The van der Waals surface area contributed by atoms with E-state index < -0.39 is 0 Å². The normalized spacial score (nSPS) is 35.9. The third kappa shape index (κ3) is 1.89. The van der Waals surface area contributed by atoms with E-state index in [4.69, 9.17) is 16.3 Å². The van der Waals surface area contributed by atoms with Crippen molar-refractivity contribution in [3.05, 3.63) is 28.8 Å². The van der Waals surface area contributed by atoms with E-state index in [-0.39, 0.29) is 41.7 Å². The number of rotatable bonds is 2. The summed E-state index contributed by atoms with van der Waals surface area (Å²) in [4.78, 5) is 24.6. The van der Waals surface area contributed by atoms with Gasteiger partial charge in [0.15, 0.2) is 0 Å². The molecule has 2 aliphatic carbocycles. The fourth-order valence-electron chi connectivity index (χ4n) is 4.31. The third-order valence-electron chi connectivity index (χ3n) is 5.24. The Morgan fingerprint density at radius 1 is 1.38 bits per heavy atom. The molecule has 0 radical (unpaired) electrons. The molecule has 110 valence electrons. The molecule has 1 heterocycles. The predicted octanol–water partition coefficient (Wildman–Crippen LogP) is 2.78. The number of anilines is 1. The number of halogens is 1. The molecular weight excluding hydrogens is 290 g/mol. The number of fused-ring (bicyclic) bond motifs is 1. The van der Waals surface area contributed by atoms with Gasteiger partial charge in [0, 0.05) is 16.6 Å². The minimum absolute atomic E-state index is 0.0597. The number of carbonyl (C=O) groups is 2. The van der Waals surface area contributed by atoms with Crippen LogP contribution in [0.2, 0.25) is 5.02 Å². The van der Waals surface area contributed by atoms with Crippen molar-refractivity contribution in [1.29, 1.82) is 0 Å². The molecule has 5 unspecified atom stereocenters. The summed E-state index contributed by atoms with van der Waals surface area (Å²) in [5.74, 6) is -0.231. The lowest BCUT2D eigenvalue weighted by Gasteiger charge is -2.24.